The zero-order valence-electron chi connectivity index (χ0n) is 20.3. The number of hydrogen-bond acceptors (Lipinski definition) is 10. The number of ether oxygens (including phenoxy) is 1. The van der Waals surface area contributed by atoms with Crippen LogP contribution in [0, 0.1) is 12.8 Å². The van der Waals surface area contributed by atoms with E-state index in [-0.39, 0.29) is 5.92 Å². The van der Waals surface area contributed by atoms with Crippen LogP contribution in [-0.2, 0) is 4.74 Å². The number of piperidine rings is 1. The van der Waals surface area contributed by atoms with Crippen LogP contribution in [0.15, 0.2) is 53.7 Å². The average Bonchev–Trinajstić information content (AvgIpc) is 2.83. The summed E-state index contributed by atoms with van der Waals surface area (Å²) in [6.45, 7) is 5.72. The Bertz CT molecular complexity index is 1290. The highest BCUT2D eigenvalue weighted by Gasteiger charge is 2.34. The van der Waals surface area contributed by atoms with E-state index in [0.717, 1.165) is 53.8 Å². The second-order valence-corrected chi connectivity index (χ2v) is 9.42. The first-order valence-corrected chi connectivity index (χ1v) is 12.2. The van der Waals surface area contributed by atoms with Gasteiger partial charge >= 0.3 is 0 Å². The molecular weight excluding hydrogens is 456 g/mol. The number of aliphatic hydroxyl groups excluding tert-OH is 1. The summed E-state index contributed by atoms with van der Waals surface area (Å²) in [6.07, 6.45) is 8.90. The lowest BCUT2D eigenvalue weighted by atomic mass is 9.92. The van der Waals surface area contributed by atoms with Crippen molar-refractivity contribution < 1.29 is 9.84 Å². The van der Waals surface area contributed by atoms with Crippen molar-refractivity contribution in [1.82, 2.24) is 19.9 Å². The first-order chi connectivity index (χ1) is 17.5. The molecule has 0 unspecified atom stereocenters. The number of likely N-dealkylation sites (tertiary alicyclic amines) is 1. The van der Waals surface area contributed by atoms with Gasteiger partial charge in [-0.2, -0.15) is 0 Å². The largest absolute Gasteiger partial charge is 0.403 e. The number of aryl methyl sites for hydroxylation is 1. The Morgan fingerprint density at radius 1 is 1.33 bits per heavy atom. The molecule has 2 aliphatic rings. The Labute approximate surface area is 210 Å². The summed E-state index contributed by atoms with van der Waals surface area (Å²) < 4.78 is 5.27. The fraction of sp³-hybridized carbons (Fsp3) is 0.385. The van der Waals surface area contributed by atoms with Crippen LogP contribution < -0.4 is 16.8 Å². The van der Waals surface area contributed by atoms with Crippen LogP contribution in [0.3, 0.4) is 0 Å². The minimum Gasteiger partial charge on any atom is -0.403 e. The van der Waals surface area contributed by atoms with E-state index < -0.39 is 6.10 Å². The third kappa shape index (κ3) is 5.15. The van der Waals surface area contributed by atoms with Crippen LogP contribution in [0.1, 0.15) is 12.0 Å². The van der Waals surface area contributed by atoms with Crippen molar-refractivity contribution in [3.8, 4) is 11.3 Å². The number of aromatic nitrogens is 3. The van der Waals surface area contributed by atoms with Gasteiger partial charge in [0.2, 0.25) is 0 Å². The number of anilines is 2. The van der Waals surface area contributed by atoms with E-state index in [0.29, 0.717) is 36.5 Å². The maximum atomic E-state index is 10.6. The predicted octanol–water partition coefficient (Wildman–Crippen LogP) is 1.95. The molecule has 0 saturated carbocycles. The topological polar surface area (TPSA) is 148 Å². The number of allylic oxidation sites excluding steroid dienone is 1. The number of nitrogens with two attached hydrogens (primary N) is 2. The van der Waals surface area contributed by atoms with Gasteiger partial charge in [0, 0.05) is 61.0 Å². The van der Waals surface area contributed by atoms with Gasteiger partial charge in [0.25, 0.3) is 0 Å². The van der Waals surface area contributed by atoms with Gasteiger partial charge in [0.05, 0.1) is 36.8 Å². The molecule has 2 aliphatic heterocycles. The molecule has 0 aromatic carbocycles. The Morgan fingerprint density at radius 2 is 2.19 bits per heavy atom. The van der Waals surface area contributed by atoms with Gasteiger partial charge in [0.1, 0.15) is 11.6 Å². The minimum atomic E-state index is -0.395. The lowest BCUT2D eigenvalue weighted by molar-refractivity contribution is -0.0945. The zero-order chi connectivity index (χ0) is 25.1. The standard InChI is InChI=1S/C26H32N8O2/c1-16-2-4-29-11-21(16)23-6-18-7-25(31-12-22(18)26(28)33-23)32-19(8-27)10-30-9-17-3-5-34(13-24(17)35)20-14-36-15-20/h2,4,6-8,10-12,17,20,24,35H,3,5,9,13-15,27H2,1H3,(H2,28,33)(H,31,32)/b19-8+,30-10-/t17-,24+/m1/s1. The first kappa shape index (κ1) is 24.1. The van der Waals surface area contributed by atoms with Gasteiger partial charge in [0.15, 0.2) is 0 Å². The Kier molecular flexibility index (Phi) is 7.08. The van der Waals surface area contributed by atoms with Gasteiger partial charge < -0.3 is 26.6 Å². The molecule has 36 heavy (non-hydrogen) atoms. The number of nitrogen functional groups attached to an aromatic ring is 1. The highest BCUT2D eigenvalue weighted by Crippen LogP contribution is 2.29. The van der Waals surface area contributed by atoms with Crippen LogP contribution in [0.2, 0.25) is 0 Å². The van der Waals surface area contributed by atoms with Crippen molar-refractivity contribution in [3.63, 3.8) is 0 Å². The molecule has 2 saturated heterocycles. The van der Waals surface area contributed by atoms with E-state index in [4.69, 9.17) is 16.2 Å². The molecule has 2 atom stereocenters. The molecule has 10 nitrogen and oxygen atoms in total. The summed E-state index contributed by atoms with van der Waals surface area (Å²) in [4.78, 5) is 20.1. The van der Waals surface area contributed by atoms with Crippen LogP contribution in [0.5, 0.6) is 0 Å². The molecule has 3 aromatic heterocycles. The molecule has 0 radical (unpaired) electrons. The molecule has 6 N–H and O–H groups in total. The molecule has 188 valence electrons. The Hall–Kier alpha value is -3.60. The van der Waals surface area contributed by atoms with Crippen molar-refractivity contribution in [2.24, 2.45) is 16.6 Å². The van der Waals surface area contributed by atoms with Crippen molar-refractivity contribution >= 4 is 28.6 Å². The molecule has 5 heterocycles. The first-order valence-electron chi connectivity index (χ1n) is 12.2. The lowest BCUT2D eigenvalue weighted by Crippen LogP contribution is -2.55. The molecule has 0 aliphatic carbocycles. The summed E-state index contributed by atoms with van der Waals surface area (Å²) in [5.41, 5.74) is 15.5. The van der Waals surface area contributed by atoms with E-state index >= 15 is 0 Å². The summed E-state index contributed by atoms with van der Waals surface area (Å²) in [6, 6.07) is 6.28. The lowest BCUT2D eigenvalue weighted by Gasteiger charge is -2.43. The summed E-state index contributed by atoms with van der Waals surface area (Å²) in [7, 11) is 0. The van der Waals surface area contributed by atoms with Crippen molar-refractivity contribution in [2.75, 3.05) is 43.9 Å². The third-order valence-corrected chi connectivity index (χ3v) is 6.97. The number of nitrogens with one attached hydrogen (secondary N) is 1. The number of pyridine rings is 3. The maximum absolute atomic E-state index is 10.6. The van der Waals surface area contributed by atoms with Crippen molar-refractivity contribution in [3.05, 3.63) is 54.3 Å². The average molecular weight is 489 g/mol. The predicted molar refractivity (Wildman–Crippen MR) is 141 cm³/mol. The second kappa shape index (κ2) is 10.6. The number of aliphatic imine (C=N–C) groups is 1. The quantitative estimate of drug-likeness (QED) is 0.366. The van der Waals surface area contributed by atoms with Gasteiger partial charge in [-0.05, 0) is 49.0 Å². The van der Waals surface area contributed by atoms with Crippen LogP contribution in [0.4, 0.5) is 11.6 Å². The Morgan fingerprint density at radius 3 is 2.92 bits per heavy atom. The smallest absolute Gasteiger partial charge is 0.133 e. The number of fused-ring (bicyclic) bond motifs is 1. The van der Waals surface area contributed by atoms with E-state index in [9.17, 15) is 5.11 Å². The minimum absolute atomic E-state index is 0.126. The van der Waals surface area contributed by atoms with E-state index in [1.807, 2.05) is 25.1 Å². The zero-order valence-corrected chi connectivity index (χ0v) is 20.3. The molecule has 0 amide bonds. The molecular formula is C26H32N8O2. The van der Waals surface area contributed by atoms with Gasteiger partial charge in [-0.15, -0.1) is 0 Å². The summed E-state index contributed by atoms with van der Waals surface area (Å²) in [5, 5.41) is 15.5. The number of aliphatic hydroxyl groups is 1. The van der Waals surface area contributed by atoms with E-state index in [2.05, 4.69) is 30.2 Å². The molecule has 10 heteroatoms. The van der Waals surface area contributed by atoms with Gasteiger partial charge in [-0.3, -0.25) is 14.9 Å². The number of rotatable bonds is 7. The Balaban J connectivity index is 1.25. The fourth-order valence-electron chi connectivity index (χ4n) is 4.65. The van der Waals surface area contributed by atoms with Crippen molar-refractivity contribution in [1.29, 1.82) is 0 Å². The molecule has 0 bridgehead atoms. The van der Waals surface area contributed by atoms with E-state index in [1.54, 1.807) is 24.8 Å². The van der Waals surface area contributed by atoms with Crippen LogP contribution in [0.25, 0.3) is 22.0 Å². The summed E-state index contributed by atoms with van der Waals surface area (Å²) in [5.74, 6) is 1.15. The van der Waals surface area contributed by atoms with Crippen LogP contribution >= 0.6 is 0 Å². The highest BCUT2D eigenvalue weighted by molar-refractivity contribution is 5.95. The molecule has 0 spiro atoms. The fourth-order valence-corrected chi connectivity index (χ4v) is 4.65. The molecule has 2 fully saturated rings. The third-order valence-electron chi connectivity index (χ3n) is 6.97. The maximum Gasteiger partial charge on any atom is 0.133 e. The SMILES string of the molecule is Cc1ccncc1-c1cc2cc(NC(/C=N\C[C@H]3CCN(C4COC4)C[C@@H]3O)=C/N)ncc2c(N)n1. The number of hydrogen-bond donors (Lipinski definition) is 4. The molecule has 3 aromatic rings. The van der Waals surface area contributed by atoms with Crippen LogP contribution in [-0.4, -0.2) is 76.2 Å². The number of β-amino-alcohol motifs (C(OH)–C–C–N with tert-alkyl or cyclic N) is 1. The summed E-state index contributed by atoms with van der Waals surface area (Å²) >= 11 is 0. The molecule has 5 rings (SSSR count). The second-order valence-electron chi connectivity index (χ2n) is 9.42. The van der Waals surface area contributed by atoms with Gasteiger partial charge in [-0.1, -0.05) is 0 Å². The van der Waals surface area contributed by atoms with Crippen molar-refractivity contribution in [2.45, 2.75) is 25.5 Å². The van der Waals surface area contributed by atoms with Gasteiger partial charge in [-0.25, -0.2) is 9.97 Å². The monoisotopic (exact) mass is 488 g/mol. The van der Waals surface area contributed by atoms with E-state index in [1.165, 1.54) is 6.20 Å². The normalized spacial score (nSPS) is 21.7. The highest BCUT2D eigenvalue weighted by atomic mass is 16.5. The number of nitrogens with zero attached hydrogens (tertiary/aromatic N) is 5.